The molecule has 2 aromatic rings. The second-order valence-electron chi connectivity index (χ2n) is 7.12. The van der Waals surface area contributed by atoms with Crippen molar-refractivity contribution in [1.29, 1.82) is 0 Å². The molecule has 7 heteroatoms. The number of carbonyl (C=O) groups is 2. The molecule has 0 saturated heterocycles. The van der Waals surface area contributed by atoms with Crippen LogP contribution >= 0.6 is 28.1 Å². The zero-order chi connectivity index (χ0) is 20.2. The predicted molar refractivity (Wildman–Crippen MR) is 116 cm³/mol. The highest BCUT2D eigenvalue weighted by molar-refractivity contribution is 9.10. The van der Waals surface area contributed by atoms with Crippen molar-refractivity contribution in [2.24, 2.45) is 0 Å². The Labute approximate surface area is 173 Å². The summed E-state index contributed by atoms with van der Waals surface area (Å²) in [6.45, 7) is 7.67. The van der Waals surface area contributed by atoms with E-state index in [0.717, 1.165) is 10.0 Å². The summed E-state index contributed by atoms with van der Waals surface area (Å²) in [7, 11) is 0. The highest BCUT2D eigenvalue weighted by Crippen LogP contribution is 2.18. The first kappa shape index (κ1) is 21.1. The largest absolute Gasteiger partial charge is 0.347 e. The van der Waals surface area contributed by atoms with Crippen molar-refractivity contribution in [2.45, 2.75) is 33.2 Å². The van der Waals surface area contributed by atoms with Crippen molar-refractivity contribution < 1.29 is 9.59 Å². The fourth-order valence-corrected chi connectivity index (χ4v) is 2.84. The van der Waals surface area contributed by atoms with Crippen LogP contribution in [-0.4, -0.2) is 22.5 Å². The number of amides is 2. The highest BCUT2D eigenvalue weighted by Gasteiger charge is 2.18. The van der Waals surface area contributed by atoms with Crippen LogP contribution in [0.3, 0.4) is 0 Å². The van der Waals surface area contributed by atoms with Gasteiger partial charge in [0.25, 0.3) is 11.8 Å². The molecule has 0 heterocycles. The summed E-state index contributed by atoms with van der Waals surface area (Å²) in [5, 5.41) is 8.60. The van der Waals surface area contributed by atoms with E-state index in [1.54, 1.807) is 36.4 Å². The summed E-state index contributed by atoms with van der Waals surface area (Å²) in [6, 6.07) is 12.3. The number of para-hydroxylation sites is 1. The van der Waals surface area contributed by atoms with Gasteiger partial charge in [-0.05, 0) is 69.7 Å². The Morgan fingerprint density at radius 1 is 1.04 bits per heavy atom. The van der Waals surface area contributed by atoms with Gasteiger partial charge in [-0.25, -0.2) is 0 Å². The van der Waals surface area contributed by atoms with Crippen LogP contribution in [0.1, 0.15) is 47.1 Å². The minimum Gasteiger partial charge on any atom is -0.347 e. The van der Waals surface area contributed by atoms with Crippen LogP contribution in [0.25, 0.3) is 0 Å². The third-order valence-corrected chi connectivity index (χ3v) is 4.63. The van der Waals surface area contributed by atoms with E-state index in [9.17, 15) is 9.59 Å². The average molecular weight is 448 g/mol. The Bertz CT molecular complexity index is 891. The van der Waals surface area contributed by atoms with Gasteiger partial charge in [0.05, 0.1) is 11.3 Å². The Kier molecular flexibility index (Phi) is 6.73. The number of aryl methyl sites for hydroxylation is 1. The molecule has 3 N–H and O–H groups in total. The number of rotatable bonds is 3. The quantitative estimate of drug-likeness (QED) is 0.609. The number of carbonyl (C=O) groups excluding carboxylic acids is 2. The first-order valence-corrected chi connectivity index (χ1v) is 9.57. The zero-order valence-corrected chi connectivity index (χ0v) is 18.0. The summed E-state index contributed by atoms with van der Waals surface area (Å²) >= 11 is 8.65. The zero-order valence-electron chi connectivity index (χ0n) is 15.6. The van der Waals surface area contributed by atoms with E-state index in [4.69, 9.17) is 12.2 Å². The lowest BCUT2D eigenvalue weighted by Gasteiger charge is -2.21. The molecule has 0 bridgehead atoms. The van der Waals surface area contributed by atoms with E-state index in [1.165, 1.54) is 0 Å². The maximum absolute atomic E-state index is 12.5. The number of thiocarbonyl (C=S) groups is 1. The third kappa shape index (κ3) is 6.15. The first-order valence-electron chi connectivity index (χ1n) is 8.37. The lowest BCUT2D eigenvalue weighted by molar-refractivity contribution is 0.0919. The van der Waals surface area contributed by atoms with Gasteiger partial charge in [-0.1, -0.05) is 34.1 Å². The van der Waals surface area contributed by atoms with Gasteiger partial charge in [-0.15, -0.1) is 0 Å². The van der Waals surface area contributed by atoms with Crippen molar-refractivity contribution in [1.82, 2.24) is 10.6 Å². The van der Waals surface area contributed by atoms with E-state index < -0.39 is 0 Å². The van der Waals surface area contributed by atoms with Gasteiger partial charge in [0.1, 0.15) is 0 Å². The molecule has 0 aliphatic carbocycles. The van der Waals surface area contributed by atoms with E-state index in [-0.39, 0.29) is 22.5 Å². The topological polar surface area (TPSA) is 70.2 Å². The molecular formula is C20H22BrN3O2S. The Morgan fingerprint density at radius 3 is 2.33 bits per heavy atom. The smallest absolute Gasteiger partial charge is 0.257 e. The van der Waals surface area contributed by atoms with E-state index in [0.29, 0.717) is 16.8 Å². The van der Waals surface area contributed by atoms with Crippen LogP contribution < -0.4 is 16.0 Å². The highest BCUT2D eigenvalue weighted by atomic mass is 79.9. The molecule has 5 nitrogen and oxygen atoms in total. The Morgan fingerprint density at radius 2 is 1.70 bits per heavy atom. The molecule has 2 amide bonds. The van der Waals surface area contributed by atoms with Crippen LogP contribution in [0, 0.1) is 6.92 Å². The van der Waals surface area contributed by atoms with Gasteiger partial charge in [0.2, 0.25) is 0 Å². The second kappa shape index (κ2) is 8.63. The van der Waals surface area contributed by atoms with Crippen LogP contribution in [0.15, 0.2) is 46.9 Å². The number of benzene rings is 2. The van der Waals surface area contributed by atoms with Gasteiger partial charge < -0.3 is 10.6 Å². The van der Waals surface area contributed by atoms with E-state index in [2.05, 4.69) is 31.9 Å². The molecule has 0 radical (unpaired) electrons. The van der Waals surface area contributed by atoms with Crippen LogP contribution in [0.5, 0.6) is 0 Å². The van der Waals surface area contributed by atoms with Crippen molar-refractivity contribution in [3.8, 4) is 0 Å². The van der Waals surface area contributed by atoms with Gasteiger partial charge in [-0.2, -0.15) is 0 Å². The maximum atomic E-state index is 12.5. The average Bonchev–Trinajstić information content (AvgIpc) is 2.56. The summed E-state index contributed by atoms with van der Waals surface area (Å²) in [5.41, 5.74) is 2.12. The Balaban J connectivity index is 2.10. The normalized spacial score (nSPS) is 10.9. The van der Waals surface area contributed by atoms with Crippen molar-refractivity contribution >= 4 is 50.8 Å². The molecule has 0 fully saturated rings. The minimum atomic E-state index is -0.363. The van der Waals surface area contributed by atoms with Gasteiger partial charge in [0.15, 0.2) is 5.11 Å². The van der Waals surface area contributed by atoms with Crippen LogP contribution in [0.4, 0.5) is 5.69 Å². The molecule has 0 aromatic heterocycles. The molecular weight excluding hydrogens is 426 g/mol. The first-order chi connectivity index (χ1) is 12.6. The fourth-order valence-electron chi connectivity index (χ4n) is 2.26. The van der Waals surface area contributed by atoms with Gasteiger partial charge in [0, 0.05) is 15.6 Å². The van der Waals surface area contributed by atoms with Crippen molar-refractivity contribution in [2.75, 3.05) is 5.32 Å². The van der Waals surface area contributed by atoms with Crippen LogP contribution in [0.2, 0.25) is 0 Å². The molecule has 0 aliphatic heterocycles. The van der Waals surface area contributed by atoms with E-state index >= 15 is 0 Å². The summed E-state index contributed by atoms with van der Waals surface area (Å²) in [4.78, 5) is 24.9. The maximum Gasteiger partial charge on any atom is 0.257 e. The number of hydrogen-bond donors (Lipinski definition) is 3. The number of hydrogen-bond acceptors (Lipinski definition) is 3. The molecule has 0 saturated carbocycles. The molecule has 0 spiro atoms. The third-order valence-electron chi connectivity index (χ3n) is 3.57. The molecule has 0 aliphatic rings. The summed E-state index contributed by atoms with van der Waals surface area (Å²) < 4.78 is 0.846. The molecule has 2 aromatic carbocycles. The molecule has 0 atom stereocenters. The van der Waals surface area contributed by atoms with Crippen LogP contribution in [-0.2, 0) is 0 Å². The summed E-state index contributed by atoms with van der Waals surface area (Å²) in [5.74, 6) is -0.549. The van der Waals surface area contributed by atoms with Gasteiger partial charge in [-0.3, -0.25) is 14.9 Å². The standard InChI is InChI=1S/C20H22BrN3O2S/c1-12-9-10-13(11-15(12)21)17(25)23-19(27)22-16-8-6-5-7-14(16)18(26)24-20(2,3)4/h5-11H,1-4H3,(H,24,26)(H2,22,23,25,27). The molecule has 27 heavy (non-hydrogen) atoms. The van der Waals surface area contributed by atoms with E-state index in [1.807, 2.05) is 33.8 Å². The molecule has 2 rings (SSSR count). The Hall–Kier alpha value is -2.25. The second-order valence-corrected chi connectivity index (χ2v) is 8.38. The number of nitrogens with one attached hydrogen (secondary N) is 3. The molecule has 0 unspecified atom stereocenters. The monoisotopic (exact) mass is 447 g/mol. The molecule has 142 valence electrons. The number of anilines is 1. The summed E-state index contributed by atoms with van der Waals surface area (Å²) in [6.07, 6.45) is 0. The van der Waals surface area contributed by atoms with Crippen molar-refractivity contribution in [3.63, 3.8) is 0 Å². The predicted octanol–water partition coefficient (Wildman–Crippen LogP) is 4.41. The lowest BCUT2D eigenvalue weighted by Crippen LogP contribution is -2.41. The fraction of sp³-hybridized carbons (Fsp3) is 0.250. The SMILES string of the molecule is Cc1ccc(C(=O)NC(=S)Nc2ccccc2C(=O)NC(C)(C)C)cc1Br. The minimum absolute atomic E-state index is 0.118. The number of halogens is 1. The lowest BCUT2D eigenvalue weighted by atomic mass is 10.1. The van der Waals surface area contributed by atoms with Crippen molar-refractivity contribution in [3.05, 3.63) is 63.6 Å². The van der Waals surface area contributed by atoms with Gasteiger partial charge >= 0.3 is 0 Å².